The van der Waals surface area contributed by atoms with Gasteiger partial charge in [0.25, 0.3) is 0 Å². The Morgan fingerprint density at radius 1 is 1.28 bits per heavy atom. The van der Waals surface area contributed by atoms with Gasteiger partial charge >= 0.3 is 0 Å². The van der Waals surface area contributed by atoms with Crippen molar-refractivity contribution >= 4 is 5.95 Å². The average molecular weight is 244 g/mol. The molecule has 0 amide bonds. The molecule has 0 atom stereocenters. The van der Waals surface area contributed by atoms with Gasteiger partial charge in [-0.2, -0.15) is 5.10 Å². The van der Waals surface area contributed by atoms with Crippen molar-refractivity contribution in [2.45, 2.75) is 38.6 Å². The molecule has 1 fully saturated rings. The van der Waals surface area contributed by atoms with Crippen LogP contribution in [0.5, 0.6) is 0 Å². The molecule has 0 bridgehead atoms. The van der Waals surface area contributed by atoms with Gasteiger partial charge in [0.2, 0.25) is 5.95 Å². The van der Waals surface area contributed by atoms with Gasteiger partial charge in [-0.25, -0.2) is 15.0 Å². The monoisotopic (exact) mass is 244 g/mol. The van der Waals surface area contributed by atoms with E-state index in [4.69, 9.17) is 0 Å². The lowest BCUT2D eigenvalue weighted by atomic mass is 10.3. The summed E-state index contributed by atoms with van der Waals surface area (Å²) in [5.41, 5.74) is 0.840. The summed E-state index contributed by atoms with van der Waals surface area (Å²) >= 11 is 0. The largest absolute Gasteiger partial charge is 0.352 e. The van der Waals surface area contributed by atoms with Crippen LogP contribution in [0.25, 0.3) is 11.4 Å². The van der Waals surface area contributed by atoms with Crippen LogP contribution in [-0.4, -0.2) is 31.2 Å². The number of aromatic nitrogens is 5. The first-order chi connectivity index (χ1) is 8.72. The van der Waals surface area contributed by atoms with Crippen LogP contribution in [0, 0.1) is 0 Å². The van der Waals surface area contributed by atoms with Crippen molar-refractivity contribution in [3.05, 3.63) is 18.2 Å². The molecule has 3 rings (SSSR count). The number of aromatic amines is 1. The van der Waals surface area contributed by atoms with E-state index in [1.165, 1.54) is 12.8 Å². The van der Waals surface area contributed by atoms with Crippen molar-refractivity contribution in [3.63, 3.8) is 0 Å². The lowest BCUT2D eigenvalue weighted by molar-refractivity contribution is 0.874. The van der Waals surface area contributed by atoms with Crippen molar-refractivity contribution in [3.8, 4) is 11.4 Å². The molecule has 18 heavy (non-hydrogen) atoms. The molecule has 2 N–H and O–H groups in total. The first-order valence-corrected chi connectivity index (χ1v) is 6.23. The van der Waals surface area contributed by atoms with Crippen molar-refractivity contribution in [1.29, 1.82) is 0 Å². The molecule has 6 nitrogen and oxygen atoms in total. The second-order valence-electron chi connectivity index (χ2n) is 4.91. The number of rotatable bonds is 4. The van der Waals surface area contributed by atoms with E-state index < -0.39 is 0 Å². The Morgan fingerprint density at radius 2 is 2.00 bits per heavy atom. The van der Waals surface area contributed by atoms with E-state index in [-0.39, 0.29) is 0 Å². The minimum Gasteiger partial charge on any atom is -0.352 e. The predicted octanol–water partition coefficient (Wildman–Crippen LogP) is 1.96. The van der Waals surface area contributed by atoms with Gasteiger partial charge in [-0.1, -0.05) is 0 Å². The van der Waals surface area contributed by atoms with Gasteiger partial charge in [-0.3, -0.25) is 5.10 Å². The van der Waals surface area contributed by atoms with Crippen LogP contribution in [0.15, 0.2) is 12.4 Å². The minimum atomic E-state index is 0.320. The lowest BCUT2D eigenvalue weighted by Gasteiger charge is -2.06. The summed E-state index contributed by atoms with van der Waals surface area (Å²) in [6, 6.07) is 0.320. The molecular weight excluding hydrogens is 228 g/mol. The van der Waals surface area contributed by atoms with Gasteiger partial charge in [0.15, 0.2) is 5.82 Å². The number of nitrogens with one attached hydrogen (secondary N) is 2. The van der Waals surface area contributed by atoms with Gasteiger partial charge in [-0.15, -0.1) is 0 Å². The molecule has 94 valence electrons. The van der Waals surface area contributed by atoms with E-state index in [1.54, 1.807) is 12.4 Å². The third-order valence-electron chi connectivity index (χ3n) is 2.79. The van der Waals surface area contributed by atoms with Crippen LogP contribution in [0.4, 0.5) is 5.95 Å². The van der Waals surface area contributed by atoms with Crippen LogP contribution in [0.2, 0.25) is 0 Å². The van der Waals surface area contributed by atoms with E-state index in [0.29, 0.717) is 23.7 Å². The highest BCUT2D eigenvalue weighted by molar-refractivity contribution is 5.52. The molecule has 2 heterocycles. The SMILES string of the molecule is CC(C)Nc1ncc(-c2n[nH]c(C3CC3)n2)cn1. The lowest BCUT2D eigenvalue weighted by Crippen LogP contribution is -2.12. The smallest absolute Gasteiger partial charge is 0.222 e. The van der Waals surface area contributed by atoms with Gasteiger partial charge < -0.3 is 5.32 Å². The molecule has 0 saturated heterocycles. The first-order valence-electron chi connectivity index (χ1n) is 6.23. The van der Waals surface area contributed by atoms with Gasteiger partial charge in [0.05, 0.1) is 5.56 Å². The van der Waals surface area contributed by atoms with Crippen LogP contribution < -0.4 is 5.32 Å². The number of hydrogen-bond donors (Lipinski definition) is 2. The zero-order chi connectivity index (χ0) is 12.5. The van der Waals surface area contributed by atoms with Crippen LogP contribution in [0.3, 0.4) is 0 Å². The summed E-state index contributed by atoms with van der Waals surface area (Å²) in [6.45, 7) is 4.10. The summed E-state index contributed by atoms with van der Waals surface area (Å²) < 4.78 is 0. The highest BCUT2D eigenvalue weighted by atomic mass is 15.2. The Morgan fingerprint density at radius 3 is 2.61 bits per heavy atom. The summed E-state index contributed by atoms with van der Waals surface area (Å²) in [6.07, 6.45) is 5.92. The van der Waals surface area contributed by atoms with Crippen LogP contribution in [-0.2, 0) is 0 Å². The van der Waals surface area contributed by atoms with Gasteiger partial charge in [-0.05, 0) is 26.7 Å². The molecule has 0 radical (unpaired) electrons. The zero-order valence-corrected chi connectivity index (χ0v) is 10.5. The molecule has 0 aromatic carbocycles. The summed E-state index contributed by atoms with van der Waals surface area (Å²) in [7, 11) is 0. The van der Waals surface area contributed by atoms with E-state index >= 15 is 0 Å². The highest BCUT2D eigenvalue weighted by Gasteiger charge is 2.27. The topological polar surface area (TPSA) is 79.4 Å². The molecular formula is C12H16N6. The van der Waals surface area contributed by atoms with Crippen molar-refractivity contribution < 1.29 is 0 Å². The summed E-state index contributed by atoms with van der Waals surface area (Å²) in [5, 5.41) is 10.3. The van der Waals surface area contributed by atoms with Crippen molar-refractivity contribution in [2.24, 2.45) is 0 Å². The van der Waals surface area contributed by atoms with Crippen LogP contribution in [0.1, 0.15) is 38.4 Å². The second-order valence-corrected chi connectivity index (χ2v) is 4.91. The van der Waals surface area contributed by atoms with Gasteiger partial charge in [0, 0.05) is 24.4 Å². The molecule has 2 aromatic rings. The average Bonchev–Trinajstić information content (AvgIpc) is 3.08. The first kappa shape index (κ1) is 11.1. The maximum absolute atomic E-state index is 4.47. The third-order valence-corrected chi connectivity index (χ3v) is 2.79. The normalized spacial score (nSPS) is 15.1. The van der Waals surface area contributed by atoms with Crippen LogP contribution >= 0.6 is 0 Å². The standard InChI is InChI=1S/C12H16N6/c1-7(2)15-12-13-5-9(6-14-12)11-16-10(17-18-11)8-3-4-8/h5-8H,3-4H2,1-2H3,(H,13,14,15)(H,16,17,18). The number of nitrogens with zero attached hydrogens (tertiary/aromatic N) is 4. The number of H-pyrrole nitrogens is 1. The molecule has 0 spiro atoms. The fourth-order valence-electron chi connectivity index (χ4n) is 1.72. The van der Waals surface area contributed by atoms with Crippen molar-refractivity contribution in [2.75, 3.05) is 5.32 Å². The minimum absolute atomic E-state index is 0.320. The summed E-state index contributed by atoms with van der Waals surface area (Å²) in [5.74, 6) is 2.86. The Balaban J connectivity index is 1.78. The van der Waals surface area contributed by atoms with E-state index in [9.17, 15) is 0 Å². The Hall–Kier alpha value is -1.98. The zero-order valence-electron chi connectivity index (χ0n) is 10.5. The Bertz CT molecular complexity index is 526. The maximum atomic E-state index is 4.47. The number of hydrogen-bond acceptors (Lipinski definition) is 5. The van der Waals surface area contributed by atoms with Gasteiger partial charge in [0.1, 0.15) is 5.82 Å². The highest BCUT2D eigenvalue weighted by Crippen LogP contribution is 2.38. The molecule has 0 unspecified atom stereocenters. The maximum Gasteiger partial charge on any atom is 0.222 e. The summed E-state index contributed by atoms with van der Waals surface area (Å²) in [4.78, 5) is 13.0. The second kappa shape index (κ2) is 4.36. The molecule has 2 aromatic heterocycles. The molecule has 1 aliphatic carbocycles. The molecule has 6 heteroatoms. The quantitative estimate of drug-likeness (QED) is 0.859. The Kier molecular flexibility index (Phi) is 2.70. The molecule has 0 aliphatic heterocycles. The Labute approximate surface area is 105 Å². The number of anilines is 1. The fraction of sp³-hybridized carbons (Fsp3) is 0.500. The van der Waals surface area contributed by atoms with Crippen molar-refractivity contribution in [1.82, 2.24) is 25.1 Å². The fourth-order valence-corrected chi connectivity index (χ4v) is 1.72. The van der Waals surface area contributed by atoms with E-state index in [1.807, 2.05) is 0 Å². The van der Waals surface area contributed by atoms with E-state index in [0.717, 1.165) is 11.4 Å². The van der Waals surface area contributed by atoms with E-state index in [2.05, 4.69) is 44.3 Å². The third kappa shape index (κ3) is 2.32. The molecule has 1 saturated carbocycles. The predicted molar refractivity (Wildman–Crippen MR) is 68.1 cm³/mol. The molecule has 1 aliphatic rings.